The van der Waals surface area contributed by atoms with Crippen molar-refractivity contribution in [3.05, 3.63) is 23.7 Å². The fourth-order valence-corrected chi connectivity index (χ4v) is 1.91. The van der Waals surface area contributed by atoms with Gasteiger partial charge in [-0.1, -0.05) is 0 Å². The third-order valence-corrected chi connectivity index (χ3v) is 2.68. The van der Waals surface area contributed by atoms with Crippen molar-refractivity contribution in [2.45, 2.75) is 44.6 Å². The van der Waals surface area contributed by atoms with Gasteiger partial charge in [-0.05, 0) is 37.8 Å². The molecule has 2 rings (SSSR count). The Hall–Kier alpha value is -0.790. The second kappa shape index (κ2) is 3.95. The highest BCUT2D eigenvalue weighted by molar-refractivity contribution is 5.17. The van der Waals surface area contributed by atoms with E-state index in [-0.39, 0.29) is 5.83 Å². The van der Waals surface area contributed by atoms with Gasteiger partial charge in [0.15, 0.2) is 0 Å². The van der Waals surface area contributed by atoms with Crippen LogP contribution < -0.4 is 0 Å². The van der Waals surface area contributed by atoms with Gasteiger partial charge in [0.25, 0.3) is 0 Å². The van der Waals surface area contributed by atoms with Crippen molar-refractivity contribution < 1.29 is 9.13 Å². The van der Waals surface area contributed by atoms with Crippen LogP contribution in [0.5, 0.6) is 0 Å². The van der Waals surface area contributed by atoms with Crippen LogP contribution in [0.3, 0.4) is 0 Å². The molecule has 0 aliphatic heterocycles. The topological polar surface area (TPSA) is 9.23 Å². The first-order valence-corrected chi connectivity index (χ1v) is 5.06. The van der Waals surface area contributed by atoms with Crippen LogP contribution in [0.25, 0.3) is 0 Å². The highest BCUT2D eigenvalue weighted by Crippen LogP contribution is 2.27. The van der Waals surface area contributed by atoms with E-state index < -0.39 is 0 Å². The Balaban J connectivity index is 1.87. The Morgan fingerprint density at radius 2 is 1.92 bits per heavy atom. The molecule has 0 heterocycles. The molecule has 2 aliphatic rings. The van der Waals surface area contributed by atoms with E-state index in [0.29, 0.717) is 12.5 Å². The summed E-state index contributed by atoms with van der Waals surface area (Å²) in [5.74, 6) is 0.937. The zero-order valence-electron chi connectivity index (χ0n) is 7.76. The molecule has 0 aromatic heterocycles. The van der Waals surface area contributed by atoms with Crippen LogP contribution in [0.2, 0.25) is 0 Å². The first-order chi connectivity index (χ1) is 6.34. The average molecular weight is 182 g/mol. The molecule has 0 saturated heterocycles. The largest absolute Gasteiger partial charge is 0.495 e. The lowest BCUT2D eigenvalue weighted by atomic mass is 10.1. The third-order valence-electron chi connectivity index (χ3n) is 2.68. The number of hydrogen-bond donors (Lipinski definition) is 0. The standard InChI is InChI=1S/C11H15FO/c12-9-5-7-11(8-6-9)13-10-3-1-2-4-10/h5,7,10H,1-4,6,8H2. The molecule has 0 amide bonds. The lowest BCUT2D eigenvalue weighted by Crippen LogP contribution is -2.08. The second-order valence-electron chi connectivity index (χ2n) is 3.77. The van der Waals surface area contributed by atoms with Gasteiger partial charge in [0, 0.05) is 12.8 Å². The first-order valence-electron chi connectivity index (χ1n) is 5.06. The SMILES string of the molecule is FC1=CC=C(OC2CCCC2)CC1. The smallest absolute Gasteiger partial charge is 0.100 e. The Labute approximate surface area is 78.3 Å². The summed E-state index contributed by atoms with van der Waals surface area (Å²) in [6, 6.07) is 0. The quantitative estimate of drug-likeness (QED) is 0.635. The molecular formula is C11H15FO. The maximum Gasteiger partial charge on any atom is 0.100 e. The molecule has 0 unspecified atom stereocenters. The van der Waals surface area contributed by atoms with E-state index in [2.05, 4.69) is 0 Å². The number of ether oxygens (including phenoxy) is 1. The lowest BCUT2D eigenvalue weighted by Gasteiger charge is -2.17. The Bertz CT molecular complexity index is 236. The second-order valence-corrected chi connectivity index (χ2v) is 3.77. The Kier molecular flexibility index (Phi) is 2.67. The molecule has 13 heavy (non-hydrogen) atoms. The van der Waals surface area contributed by atoms with E-state index in [1.165, 1.54) is 31.8 Å². The fraction of sp³-hybridized carbons (Fsp3) is 0.636. The summed E-state index contributed by atoms with van der Waals surface area (Å²) in [6.45, 7) is 0. The summed E-state index contributed by atoms with van der Waals surface area (Å²) < 4.78 is 18.4. The molecule has 0 atom stereocenters. The van der Waals surface area contributed by atoms with Crippen LogP contribution in [-0.4, -0.2) is 6.10 Å². The lowest BCUT2D eigenvalue weighted by molar-refractivity contribution is 0.114. The van der Waals surface area contributed by atoms with E-state index in [9.17, 15) is 4.39 Å². The van der Waals surface area contributed by atoms with Crippen molar-refractivity contribution in [1.29, 1.82) is 0 Å². The van der Waals surface area contributed by atoms with Gasteiger partial charge < -0.3 is 4.74 Å². The van der Waals surface area contributed by atoms with Crippen molar-refractivity contribution in [3.63, 3.8) is 0 Å². The normalized spacial score (nSPS) is 24.1. The molecule has 2 aliphatic carbocycles. The van der Waals surface area contributed by atoms with Crippen molar-refractivity contribution in [2.75, 3.05) is 0 Å². The minimum absolute atomic E-state index is 0.0289. The molecule has 1 saturated carbocycles. The molecule has 0 aromatic rings. The fourth-order valence-electron chi connectivity index (χ4n) is 1.91. The molecular weight excluding hydrogens is 167 g/mol. The zero-order chi connectivity index (χ0) is 9.10. The van der Waals surface area contributed by atoms with Gasteiger partial charge in [0.05, 0.1) is 11.9 Å². The minimum Gasteiger partial charge on any atom is -0.495 e. The number of halogens is 1. The summed E-state index contributed by atoms with van der Waals surface area (Å²) in [7, 11) is 0. The van der Waals surface area contributed by atoms with E-state index >= 15 is 0 Å². The predicted octanol–water partition coefficient (Wildman–Crippen LogP) is 3.48. The maximum atomic E-state index is 12.6. The van der Waals surface area contributed by atoms with Crippen LogP contribution in [0, 0.1) is 0 Å². The summed E-state index contributed by atoms with van der Waals surface area (Å²) in [5.41, 5.74) is 0. The van der Waals surface area contributed by atoms with Crippen LogP contribution in [0.1, 0.15) is 38.5 Å². The van der Waals surface area contributed by atoms with Gasteiger partial charge in [0.2, 0.25) is 0 Å². The van der Waals surface area contributed by atoms with Crippen LogP contribution in [-0.2, 0) is 4.74 Å². The summed E-state index contributed by atoms with van der Waals surface area (Å²) in [4.78, 5) is 0. The Morgan fingerprint density at radius 1 is 1.15 bits per heavy atom. The summed E-state index contributed by atoms with van der Waals surface area (Å²) in [5, 5.41) is 0. The van der Waals surface area contributed by atoms with Crippen molar-refractivity contribution in [1.82, 2.24) is 0 Å². The van der Waals surface area contributed by atoms with Gasteiger partial charge in [-0.3, -0.25) is 0 Å². The Morgan fingerprint density at radius 3 is 2.54 bits per heavy atom. The van der Waals surface area contributed by atoms with E-state index in [1.54, 1.807) is 6.08 Å². The maximum absolute atomic E-state index is 12.6. The van der Waals surface area contributed by atoms with Crippen molar-refractivity contribution in [3.8, 4) is 0 Å². The van der Waals surface area contributed by atoms with Crippen molar-refractivity contribution in [2.24, 2.45) is 0 Å². The molecule has 0 aromatic carbocycles. The molecule has 0 bridgehead atoms. The number of allylic oxidation sites excluding steroid dienone is 4. The molecule has 1 fully saturated rings. The van der Waals surface area contributed by atoms with E-state index in [1.807, 2.05) is 0 Å². The number of rotatable bonds is 2. The van der Waals surface area contributed by atoms with Crippen molar-refractivity contribution >= 4 is 0 Å². The highest BCUT2D eigenvalue weighted by Gasteiger charge is 2.18. The molecule has 72 valence electrons. The van der Waals surface area contributed by atoms with Gasteiger partial charge in [-0.2, -0.15) is 0 Å². The monoisotopic (exact) mass is 182 g/mol. The predicted molar refractivity (Wildman–Crippen MR) is 49.8 cm³/mol. The van der Waals surface area contributed by atoms with Gasteiger partial charge >= 0.3 is 0 Å². The van der Waals surface area contributed by atoms with Crippen LogP contribution in [0.15, 0.2) is 23.7 Å². The third kappa shape index (κ3) is 2.33. The highest BCUT2D eigenvalue weighted by atomic mass is 19.1. The minimum atomic E-state index is -0.0289. The van der Waals surface area contributed by atoms with Crippen LogP contribution >= 0.6 is 0 Å². The summed E-state index contributed by atoms with van der Waals surface area (Å²) >= 11 is 0. The molecule has 0 N–H and O–H groups in total. The van der Waals surface area contributed by atoms with Gasteiger partial charge in [-0.15, -0.1) is 0 Å². The first kappa shape index (κ1) is 8.79. The zero-order valence-corrected chi connectivity index (χ0v) is 7.76. The number of hydrogen-bond acceptors (Lipinski definition) is 1. The molecule has 1 nitrogen and oxygen atoms in total. The van der Waals surface area contributed by atoms with Gasteiger partial charge in [-0.25, -0.2) is 4.39 Å². The molecule has 0 spiro atoms. The molecule has 0 radical (unpaired) electrons. The molecule has 2 heteroatoms. The van der Waals surface area contributed by atoms with E-state index in [4.69, 9.17) is 4.74 Å². The van der Waals surface area contributed by atoms with Gasteiger partial charge in [0.1, 0.15) is 5.83 Å². The van der Waals surface area contributed by atoms with Crippen LogP contribution in [0.4, 0.5) is 4.39 Å². The van der Waals surface area contributed by atoms with E-state index in [0.717, 1.165) is 12.2 Å². The summed E-state index contributed by atoms with van der Waals surface area (Å²) in [6.07, 6.45) is 9.85. The average Bonchev–Trinajstić information content (AvgIpc) is 2.62.